The average Bonchev–Trinajstić information content (AvgIpc) is 3.33. The third kappa shape index (κ3) is 3.88. The van der Waals surface area contributed by atoms with Gasteiger partial charge in [0.1, 0.15) is 0 Å². The molecule has 1 aromatic carbocycles. The third-order valence-electron chi connectivity index (χ3n) is 6.90. The molecule has 1 aromatic heterocycles. The van der Waals surface area contributed by atoms with Gasteiger partial charge in [0.2, 0.25) is 0 Å². The van der Waals surface area contributed by atoms with Crippen molar-refractivity contribution in [3.63, 3.8) is 0 Å². The predicted octanol–water partition coefficient (Wildman–Crippen LogP) is 3.18. The molecule has 1 unspecified atom stereocenters. The molecule has 1 aliphatic carbocycles. The molecule has 2 aromatic rings. The van der Waals surface area contributed by atoms with E-state index in [4.69, 9.17) is 4.74 Å². The molecule has 0 radical (unpaired) electrons. The number of aryl methyl sites for hydroxylation is 1. The molecule has 6 nitrogen and oxygen atoms in total. The van der Waals surface area contributed by atoms with E-state index < -0.39 is 0 Å². The Bertz CT molecular complexity index is 927. The van der Waals surface area contributed by atoms with E-state index in [2.05, 4.69) is 9.88 Å². The van der Waals surface area contributed by atoms with Gasteiger partial charge >= 0.3 is 0 Å². The van der Waals surface area contributed by atoms with Crippen molar-refractivity contribution in [1.29, 1.82) is 0 Å². The maximum atomic E-state index is 13.1. The molecule has 1 saturated carbocycles. The lowest BCUT2D eigenvalue weighted by molar-refractivity contribution is 0.0667. The first-order chi connectivity index (χ1) is 14.4. The summed E-state index contributed by atoms with van der Waals surface area (Å²) < 4.78 is 7.34. The molecule has 2 aliphatic rings. The van der Waals surface area contributed by atoms with Crippen LogP contribution in [0.1, 0.15) is 51.4 Å². The molecule has 2 heterocycles. The van der Waals surface area contributed by atoms with Crippen molar-refractivity contribution in [3.8, 4) is 0 Å². The zero-order valence-electron chi connectivity index (χ0n) is 18.1. The van der Waals surface area contributed by atoms with Gasteiger partial charge in [0.05, 0.1) is 12.2 Å². The van der Waals surface area contributed by atoms with Crippen LogP contribution in [-0.4, -0.2) is 54.1 Å². The number of aromatic nitrogens is 1. The maximum absolute atomic E-state index is 13.1. The second-order valence-corrected chi connectivity index (χ2v) is 8.68. The number of nitrogens with one attached hydrogen (secondary N) is 1. The number of benzene rings is 1. The van der Waals surface area contributed by atoms with Gasteiger partial charge in [0.15, 0.2) is 0 Å². The number of amides is 2. The number of carbonyl (C=O) groups is 2. The second kappa shape index (κ2) is 8.26. The Kier molecular flexibility index (Phi) is 5.69. The summed E-state index contributed by atoms with van der Waals surface area (Å²) in [6, 6.07) is 11.6. The SMILES string of the molecule is COCCn1c(C)cc(C(=O)N2CCC3(CC2)CC3NC(=O)c2ccccc2)c1C. The monoisotopic (exact) mass is 409 g/mol. The number of carbonyl (C=O) groups excluding carboxylic acids is 2. The Morgan fingerprint density at radius 3 is 2.53 bits per heavy atom. The van der Waals surface area contributed by atoms with Crippen LogP contribution in [-0.2, 0) is 11.3 Å². The van der Waals surface area contributed by atoms with Crippen LogP contribution < -0.4 is 5.32 Å². The summed E-state index contributed by atoms with van der Waals surface area (Å²) in [5.41, 5.74) is 3.76. The van der Waals surface area contributed by atoms with Crippen LogP contribution in [0.4, 0.5) is 0 Å². The van der Waals surface area contributed by atoms with Crippen LogP contribution in [0, 0.1) is 19.3 Å². The molecule has 160 valence electrons. The quantitative estimate of drug-likeness (QED) is 0.797. The van der Waals surface area contributed by atoms with E-state index in [9.17, 15) is 9.59 Å². The Balaban J connectivity index is 1.34. The number of nitrogens with zero attached hydrogens (tertiary/aromatic N) is 2. The van der Waals surface area contributed by atoms with Gasteiger partial charge in [0, 0.05) is 49.7 Å². The zero-order chi connectivity index (χ0) is 21.3. The molecule has 2 amide bonds. The lowest BCUT2D eigenvalue weighted by Crippen LogP contribution is -2.41. The highest BCUT2D eigenvalue weighted by Gasteiger charge is 2.56. The minimum Gasteiger partial charge on any atom is -0.383 e. The third-order valence-corrected chi connectivity index (χ3v) is 6.90. The first-order valence-corrected chi connectivity index (χ1v) is 10.8. The first-order valence-electron chi connectivity index (χ1n) is 10.8. The molecule has 1 saturated heterocycles. The standard InChI is InChI=1S/C24H31N3O3/c1-17-15-20(18(2)27(17)13-14-30-3)23(29)26-11-9-24(10-12-26)16-21(24)25-22(28)19-7-5-4-6-8-19/h4-8,15,21H,9-14,16H2,1-3H3,(H,25,28). The molecule has 30 heavy (non-hydrogen) atoms. The number of rotatable bonds is 6. The largest absolute Gasteiger partial charge is 0.383 e. The molecule has 1 aliphatic heterocycles. The highest BCUT2D eigenvalue weighted by molar-refractivity contribution is 5.96. The van der Waals surface area contributed by atoms with Crippen LogP contribution in [0.15, 0.2) is 36.4 Å². The van der Waals surface area contributed by atoms with Gasteiger partial charge in [-0.1, -0.05) is 18.2 Å². The minimum absolute atomic E-state index is 0.000482. The van der Waals surface area contributed by atoms with Crippen molar-refractivity contribution in [2.75, 3.05) is 26.8 Å². The molecule has 2 fully saturated rings. The smallest absolute Gasteiger partial charge is 0.255 e. The predicted molar refractivity (Wildman–Crippen MR) is 116 cm³/mol. The van der Waals surface area contributed by atoms with Crippen molar-refractivity contribution in [1.82, 2.24) is 14.8 Å². The number of methoxy groups -OCH3 is 1. The Labute approximate surface area is 178 Å². The molecule has 0 bridgehead atoms. The lowest BCUT2D eigenvalue weighted by atomic mass is 9.92. The highest BCUT2D eigenvalue weighted by Crippen LogP contribution is 2.54. The fraction of sp³-hybridized carbons (Fsp3) is 0.500. The highest BCUT2D eigenvalue weighted by atomic mass is 16.5. The maximum Gasteiger partial charge on any atom is 0.255 e. The van der Waals surface area contributed by atoms with Crippen LogP contribution in [0.2, 0.25) is 0 Å². The van der Waals surface area contributed by atoms with Gasteiger partial charge < -0.3 is 19.5 Å². The van der Waals surface area contributed by atoms with Gasteiger partial charge in [-0.05, 0) is 56.7 Å². The van der Waals surface area contributed by atoms with Crippen molar-refractivity contribution >= 4 is 11.8 Å². The summed E-state index contributed by atoms with van der Waals surface area (Å²) in [5.74, 6) is 0.117. The number of hydrogen-bond donors (Lipinski definition) is 1. The summed E-state index contributed by atoms with van der Waals surface area (Å²) in [7, 11) is 1.69. The normalized spacial score (nSPS) is 19.7. The van der Waals surface area contributed by atoms with Crippen molar-refractivity contribution < 1.29 is 14.3 Å². The Hall–Kier alpha value is -2.60. The summed E-state index contributed by atoms with van der Waals surface area (Å²) in [6.45, 7) is 6.93. The Morgan fingerprint density at radius 2 is 1.87 bits per heavy atom. The zero-order valence-corrected chi connectivity index (χ0v) is 18.1. The number of hydrogen-bond acceptors (Lipinski definition) is 3. The lowest BCUT2D eigenvalue weighted by Gasteiger charge is -2.33. The topological polar surface area (TPSA) is 63.6 Å². The van der Waals surface area contributed by atoms with Gasteiger partial charge in [-0.3, -0.25) is 9.59 Å². The average molecular weight is 410 g/mol. The fourth-order valence-corrected chi connectivity index (χ4v) is 4.81. The molecule has 6 heteroatoms. The van der Waals surface area contributed by atoms with Gasteiger partial charge in [-0.25, -0.2) is 0 Å². The van der Waals surface area contributed by atoms with E-state index in [1.807, 2.05) is 55.1 Å². The van der Waals surface area contributed by atoms with Gasteiger partial charge in [-0.2, -0.15) is 0 Å². The second-order valence-electron chi connectivity index (χ2n) is 8.68. The minimum atomic E-state index is -0.000482. The van der Waals surface area contributed by atoms with Crippen LogP contribution in [0.3, 0.4) is 0 Å². The fourth-order valence-electron chi connectivity index (χ4n) is 4.81. The van der Waals surface area contributed by atoms with Gasteiger partial charge in [0.25, 0.3) is 11.8 Å². The van der Waals surface area contributed by atoms with Crippen molar-refractivity contribution in [2.24, 2.45) is 5.41 Å². The molecular weight excluding hydrogens is 378 g/mol. The number of piperidine rings is 1. The Morgan fingerprint density at radius 1 is 1.17 bits per heavy atom. The summed E-state index contributed by atoms with van der Waals surface area (Å²) in [5, 5.41) is 3.19. The molecule has 4 rings (SSSR count). The van der Waals surface area contributed by atoms with Crippen molar-refractivity contribution in [3.05, 3.63) is 58.9 Å². The van der Waals surface area contributed by atoms with Crippen LogP contribution >= 0.6 is 0 Å². The van der Waals surface area contributed by atoms with E-state index >= 15 is 0 Å². The van der Waals surface area contributed by atoms with E-state index in [0.717, 1.165) is 55.8 Å². The summed E-state index contributed by atoms with van der Waals surface area (Å²) in [4.78, 5) is 27.6. The molecule has 1 N–H and O–H groups in total. The number of likely N-dealkylation sites (tertiary alicyclic amines) is 1. The molecule has 1 spiro atoms. The molecular formula is C24H31N3O3. The van der Waals surface area contributed by atoms with Crippen molar-refractivity contribution in [2.45, 2.75) is 45.7 Å². The molecule has 1 atom stereocenters. The van der Waals surface area contributed by atoms with E-state index in [-0.39, 0.29) is 23.3 Å². The summed E-state index contributed by atoms with van der Waals surface area (Å²) in [6.07, 6.45) is 2.90. The van der Waals surface area contributed by atoms with E-state index in [1.165, 1.54) is 0 Å². The van der Waals surface area contributed by atoms with E-state index in [0.29, 0.717) is 12.2 Å². The first kappa shape index (κ1) is 20.7. The number of ether oxygens (including phenoxy) is 1. The summed E-state index contributed by atoms with van der Waals surface area (Å²) >= 11 is 0. The van der Waals surface area contributed by atoms with Gasteiger partial charge in [-0.15, -0.1) is 0 Å². The van der Waals surface area contributed by atoms with Crippen LogP contribution in [0.25, 0.3) is 0 Å². The van der Waals surface area contributed by atoms with E-state index in [1.54, 1.807) is 7.11 Å². The van der Waals surface area contributed by atoms with Crippen LogP contribution in [0.5, 0.6) is 0 Å².